The maximum Gasteiger partial charge on any atom is 0.116 e. The molecule has 0 unspecified atom stereocenters. The van der Waals surface area contributed by atoms with Gasteiger partial charge >= 0.3 is 0 Å². The number of phenolic OH excluding ortho intramolecular Hbond substituents is 1. The summed E-state index contributed by atoms with van der Waals surface area (Å²) in [7, 11) is 1.65. The lowest BCUT2D eigenvalue weighted by molar-refractivity contribution is 0.0286. The van der Waals surface area contributed by atoms with Crippen molar-refractivity contribution in [2.75, 3.05) is 45.9 Å². The first kappa shape index (κ1) is 15.3. The van der Waals surface area contributed by atoms with Gasteiger partial charge in [-0.1, -0.05) is 6.07 Å². The van der Waals surface area contributed by atoms with E-state index in [1.54, 1.807) is 31.0 Å². The van der Waals surface area contributed by atoms with Crippen molar-refractivity contribution in [3.05, 3.63) is 24.3 Å². The topological polar surface area (TPSA) is 47.9 Å². The summed E-state index contributed by atoms with van der Waals surface area (Å²) < 4.78 is 15.5. The molecule has 0 radical (unpaired) electrons. The van der Waals surface area contributed by atoms with Crippen molar-refractivity contribution in [3.8, 4) is 5.75 Å². The first-order valence-corrected chi connectivity index (χ1v) is 6.87. The van der Waals surface area contributed by atoms with E-state index in [1.165, 1.54) is 0 Å². The van der Waals surface area contributed by atoms with Gasteiger partial charge in [0.1, 0.15) is 5.75 Å². The summed E-state index contributed by atoms with van der Waals surface area (Å²) in [5.41, 5.74) is 0. The summed E-state index contributed by atoms with van der Waals surface area (Å²) in [6, 6.07) is 7.22. The van der Waals surface area contributed by atoms with Crippen LogP contribution in [0.5, 0.6) is 5.75 Å². The van der Waals surface area contributed by atoms with Gasteiger partial charge in [0.2, 0.25) is 0 Å². The number of thioether (sulfide) groups is 1. The van der Waals surface area contributed by atoms with E-state index >= 15 is 0 Å². The maximum atomic E-state index is 9.29. The van der Waals surface area contributed by atoms with Crippen molar-refractivity contribution >= 4 is 11.8 Å². The second-order valence-electron chi connectivity index (χ2n) is 3.56. The van der Waals surface area contributed by atoms with Crippen LogP contribution in [0.3, 0.4) is 0 Å². The van der Waals surface area contributed by atoms with Crippen molar-refractivity contribution in [1.82, 2.24) is 0 Å². The zero-order chi connectivity index (χ0) is 13.1. The molecule has 1 aromatic carbocycles. The lowest BCUT2D eigenvalue weighted by Crippen LogP contribution is -2.09. The zero-order valence-electron chi connectivity index (χ0n) is 10.6. The van der Waals surface area contributed by atoms with Crippen LogP contribution in [0.1, 0.15) is 0 Å². The normalized spacial score (nSPS) is 10.7. The van der Waals surface area contributed by atoms with E-state index in [-0.39, 0.29) is 0 Å². The third kappa shape index (κ3) is 7.55. The Kier molecular flexibility index (Phi) is 8.67. The summed E-state index contributed by atoms with van der Waals surface area (Å²) in [6.07, 6.45) is 0. The van der Waals surface area contributed by atoms with E-state index in [4.69, 9.17) is 14.2 Å². The molecule has 4 nitrogen and oxygen atoms in total. The Labute approximate surface area is 112 Å². The molecule has 0 aromatic heterocycles. The SMILES string of the molecule is COCCOCCOCCSc1cccc(O)c1. The van der Waals surface area contributed by atoms with E-state index < -0.39 is 0 Å². The molecule has 0 saturated heterocycles. The molecule has 18 heavy (non-hydrogen) atoms. The largest absolute Gasteiger partial charge is 0.508 e. The molecular weight excluding hydrogens is 252 g/mol. The number of ether oxygens (including phenoxy) is 3. The summed E-state index contributed by atoms with van der Waals surface area (Å²) >= 11 is 1.66. The van der Waals surface area contributed by atoms with Crippen LogP contribution in [-0.4, -0.2) is 51.0 Å². The average molecular weight is 272 g/mol. The summed E-state index contributed by atoms with van der Waals surface area (Å²) in [5, 5.41) is 9.29. The molecule has 0 saturated carbocycles. The van der Waals surface area contributed by atoms with Crippen LogP contribution >= 0.6 is 11.8 Å². The molecule has 1 aromatic rings. The van der Waals surface area contributed by atoms with E-state index in [9.17, 15) is 5.11 Å². The average Bonchev–Trinajstić information content (AvgIpc) is 2.37. The fourth-order valence-electron chi connectivity index (χ4n) is 1.26. The van der Waals surface area contributed by atoms with Crippen LogP contribution in [0.15, 0.2) is 29.2 Å². The Balaban J connectivity index is 1.92. The molecule has 0 aliphatic rings. The second kappa shape index (κ2) is 10.2. The van der Waals surface area contributed by atoms with E-state index in [0.29, 0.717) is 38.8 Å². The van der Waals surface area contributed by atoms with Crippen LogP contribution in [0.25, 0.3) is 0 Å². The van der Waals surface area contributed by atoms with Crippen LogP contribution in [-0.2, 0) is 14.2 Å². The van der Waals surface area contributed by atoms with Crippen molar-refractivity contribution in [1.29, 1.82) is 0 Å². The van der Waals surface area contributed by atoms with Crippen LogP contribution in [0.4, 0.5) is 0 Å². The molecule has 0 bridgehead atoms. The molecule has 0 amide bonds. The zero-order valence-corrected chi connectivity index (χ0v) is 11.4. The van der Waals surface area contributed by atoms with Gasteiger partial charge in [-0.3, -0.25) is 0 Å². The highest BCUT2D eigenvalue weighted by atomic mass is 32.2. The quantitative estimate of drug-likeness (QED) is 0.522. The smallest absolute Gasteiger partial charge is 0.116 e. The number of phenols is 1. The Hall–Kier alpha value is -0.750. The molecule has 0 atom stereocenters. The molecule has 102 valence electrons. The van der Waals surface area contributed by atoms with Gasteiger partial charge in [-0.2, -0.15) is 0 Å². The highest BCUT2D eigenvalue weighted by Crippen LogP contribution is 2.21. The van der Waals surface area contributed by atoms with E-state index in [2.05, 4.69) is 0 Å². The van der Waals surface area contributed by atoms with E-state index in [0.717, 1.165) is 10.6 Å². The number of hydrogen-bond donors (Lipinski definition) is 1. The first-order chi connectivity index (χ1) is 8.83. The van der Waals surface area contributed by atoms with Gasteiger partial charge < -0.3 is 19.3 Å². The van der Waals surface area contributed by atoms with Gasteiger partial charge in [-0.15, -0.1) is 11.8 Å². The molecule has 0 aliphatic heterocycles. The summed E-state index contributed by atoms with van der Waals surface area (Å²) in [6.45, 7) is 3.10. The predicted octanol–water partition coefficient (Wildman–Crippen LogP) is 2.16. The number of benzene rings is 1. The first-order valence-electron chi connectivity index (χ1n) is 5.89. The molecule has 5 heteroatoms. The Morgan fingerprint density at radius 1 is 1.06 bits per heavy atom. The maximum absolute atomic E-state index is 9.29. The molecule has 0 spiro atoms. The van der Waals surface area contributed by atoms with Crippen molar-refractivity contribution < 1.29 is 19.3 Å². The van der Waals surface area contributed by atoms with Crippen molar-refractivity contribution in [2.24, 2.45) is 0 Å². The highest BCUT2D eigenvalue weighted by Gasteiger charge is 1.96. The molecule has 1 N–H and O–H groups in total. The highest BCUT2D eigenvalue weighted by molar-refractivity contribution is 7.99. The standard InChI is InChI=1S/C13H20O4S/c1-15-5-6-16-7-8-17-9-10-18-13-4-2-3-12(14)11-13/h2-4,11,14H,5-10H2,1H3. The van der Waals surface area contributed by atoms with E-state index in [1.807, 2.05) is 12.1 Å². The summed E-state index contributed by atoms with van der Waals surface area (Å²) in [4.78, 5) is 1.05. The van der Waals surface area contributed by atoms with Crippen LogP contribution < -0.4 is 0 Å². The van der Waals surface area contributed by atoms with Gasteiger partial charge in [0.25, 0.3) is 0 Å². The second-order valence-corrected chi connectivity index (χ2v) is 4.73. The lowest BCUT2D eigenvalue weighted by Gasteiger charge is -2.05. The number of hydrogen-bond acceptors (Lipinski definition) is 5. The van der Waals surface area contributed by atoms with Crippen LogP contribution in [0.2, 0.25) is 0 Å². The predicted molar refractivity (Wildman–Crippen MR) is 72.3 cm³/mol. The number of methoxy groups -OCH3 is 1. The van der Waals surface area contributed by atoms with Gasteiger partial charge in [-0.25, -0.2) is 0 Å². The number of aromatic hydroxyl groups is 1. The Morgan fingerprint density at radius 3 is 2.50 bits per heavy atom. The molecular formula is C13H20O4S. The fraction of sp³-hybridized carbons (Fsp3) is 0.538. The lowest BCUT2D eigenvalue weighted by atomic mass is 10.3. The van der Waals surface area contributed by atoms with Gasteiger partial charge in [0.05, 0.1) is 33.0 Å². The minimum atomic E-state index is 0.299. The fourth-order valence-corrected chi connectivity index (χ4v) is 2.07. The van der Waals surface area contributed by atoms with Crippen molar-refractivity contribution in [3.63, 3.8) is 0 Å². The van der Waals surface area contributed by atoms with Gasteiger partial charge in [0.15, 0.2) is 0 Å². The Bertz CT molecular complexity index is 320. The monoisotopic (exact) mass is 272 g/mol. The Morgan fingerprint density at radius 2 is 1.78 bits per heavy atom. The molecule has 0 fully saturated rings. The molecule has 0 aliphatic carbocycles. The van der Waals surface area contributed by atoms with Crippen LogP contribution in [0, 0.1) is 0 Å². The molecule has 1 rings (SSSR count). The minimum absolute atomic E-state index is 0.299. The minimum Gasteiger partial charge on any atom is -0.508 e. The van der Waals surface area contributed by atoms with Crippen molar-refractivity contribution in [2.45, 2.75) is 4.90 Å². The van der Waals surface area contributed by atoms with Gasteiger partial charge in [0, 0.05) is 17.8 Å². The third-order valence-corrected chi connectivity index (χ3v) is 3.08. The third-order valence-electron chi connectivity index (χ3n) is 2.12. The summed E-state index contributed by atoms with van der Waals surface area (Å²) in [5.74, 6) is 1.16. The number of rotatable bonds is 10. The van der Waals surface area contributed by atoms with Gasteiger partial charge in [-0.05, 0) is 18.2 Å². The molecule has 0 heterocycles.